The van der Waals surface area contributed by atoms with Gasteiger partial charge in [-0.05, 0) is 0 Å². The van der Waals surface area contributed by atoms with E-state index in [4.69, 9.17) is 5.73 Å². The molecule has 1 unspecified atom stereocenters. The number of hydrogen-bond acceptors (Lipinski definition) is 0. The van der Waals surface area contributed by atoms with Gasteiger partial charge in [-0.25, -0.2) is 5.57 Å². The Labute approximate surface area is 202 Å². The van der Waals surface area contributed by atoms with Crippen molar-refractivity contribution in [2.75, 3.05) is 0 Å². The summed E-state index contributed by atoms with van der Waals surface area (Å²) >= 11 is 0. The van der Waals surface area contributed by atoms with Crippen LogP contribution in [0.2, 0.25) is 0 Å². The molecular weight excluding hydrogens is 414 g/mol. The van der Waals surface area contributed by atoms with Crippen LogP contribution in [0.3, 0.4) is 0 Å². The Morgan fingerprint density at radius 1 is 0.800 bits per heavy atom. The molecular formula is C27H36NSiTi. The van der Waals surface area contributed by atoms with Gasteiger partial charge in [-0.15, -0.1) is 13.0 Å². The molecule has 1 N–H and O–H groups in total. The predicted octanol–water partition coefficient (Wildman–Crippen LogP) is 6.16. The van der Waals surface area contributed by atoms with Crippen LogP contribution in [0.4, 0.5) is 0 Å². The first-order valence-electron chi connectivity index (χ1n) is 10.9. The van der Waals surface area contributed by atoms with Gasteiger partial charge in [-0.2, -0.15) is 11.1 Å². The summed E-state index contributed by atoms with van der Waals surface area (Å²) in [6.07, 6.45) is 9.63. The van der Waals surface area contributed by atoms with E-state index < -0.39 is 0 Å². The smallest absolute Gasteiger partial charge is 0.675 e. The Hall–Kier alpha value is -1.19. The maximum atomic E-state index is 7.27. The maximum absolute atomic E-state index is 7.27. The van der Waals surface area contributed by atoms with Gasteiger partial charge in [-0.3, -0.25) is 6.08 Å². The van der Waals surface area contributed by atoms with E-state index in [1.165, 1.54) is 46.4 Å². The first-order valence-corrected chi connectivity index (χ1v) is 12.1. The fourth-order valence-electron chi connectivity index (χ4n) is 3.56. The average molecular weight is 451 g/mol. The minimum Gasteiger partial charge on any atom is -0.675 e. The Morgan fingerprint density at radius 3 is 1.53 bits per heavy atom. The van der Waals surface area contributed by atoms with Crippen molar-refractivity contribution in [3.05, 3.63) is 89.2 Å². The molecule has 0 heterocycles. The second-order valence-corrected chi connectivity index (χ2v) is 9.72. The second-order valence-electron chi connectivity index (χ2n) is 8.10. The Bertz CT molecular complexity index is 740. The van der Waals surface area contributed by atoms with Crippen LogP contribution in [0.15, 0.2) is 77.4 Å². The maximum Gasteiger partial charge on any atom is 2.00 e. The topological polar surface area (TPSA) is 23.8 Å². The number of allylic oxidation sites excluding steroid dienone is 4. The van der Waals surface area contributed by atoms with Gasteiger partial charge in [0.2, 0.25) is 0 Å². The number of rotatable bonds is 2. The molecule has 157 valence electrons. The van der Waals surface area contributed by atoms with Gasteiger partial charge in [0, 0.05) is 0 Å². The molecule has 30 heavy (non-hydrogen) atoms. The van der Waals surface area contributed by atoms with Crippen LogP contribution >= 0.6 is 0 Å². The van der Waals surface area contributed by atoms with Crippen molar-refractivity contribution in [2.45, 2.75) is 65.8 Å². The molecule has 1 radical (unpaired) electrons. The molecule has 0 aromatic heterocycles. The van der Waals surface area contributed by atoms with Crippen LogP contribution in [-0.2, 0) is 21.7 Å². The summed E-state index contributed by atoms with van der Waals surface area (Å²) < 4.78 is 0. The Balaban J connectivity index is 0.000000233. The van der Waals surface area contributed by atoms with Gasteiger partial charge in [0.1, 0.15) is 9.52 Å². The first kappa shape index (κ1) is 26.8. The zero-order chi connectivity index (χ0) is 21.1. The number of benzene rings is 2. The van der Waals surface area contributed by atoms with E-state index in [2.05, 4.69) is 94.4 Å². The summed E-state index contributed by atoms with van der Waals surface area (Å²) in [6.45, 7) is 8.67. The molecule has 1 fully saturated rings. The Morgan fingerprint density at radius 2 is 1.27 bits per heavy atom. The quantitative estimate of drug-likeness (QED) is 0.386. The largest absolute Gasteiger partial charge is 2.00 e. The van der Waals surface area contributed by atoms with Crippen LogP contribution in [0.1, 0.15) is 59.8 Å². The van der Waals surface area contributed by atoms with Crippen molar-refractivity contribution in [3.8, 4) is 0 Å². The normalized spacial score (nSPS) is 18.3. The van der Waals surface area contributed by atoms with E-state index in [-0.39, 0.29) is 37.3 Å². The molecule has 1 nitrogen and oxygen atoms in total. The molecule has 2 aromatic carbocycles. The Kier molecular flexibility index (Phi) is 13.2. The zero-order valence-corrected chi connectivity index (χ0v) is 21.8. The SMILES string of the molecule is CC1=[C-]C(C)C(C)=C1C.[NH-]C1CCCCC1.[Ti+2].c1ccc([SiH]c2ccccc2)cc1. The van der Waals surface area contributed by atoms with Crippen molar-refractivity contribution in [2.24, 2.45) is 5.92 Å². The van der Waals surface area contributed by atoms with Crippen molar-refractivity contribution in [1.29, 1.82) is 0 Å². The predicted molar refractivity (Wildman–Crippen MR) is 130 cm³/mol. The standard InChI is InChI=1S/C12H11Si.C9H13.C6H12N.Ti/c1-3-7-11(8-4-1)13-12-9-5-2-6-10-12;1-6-5-7(2)9(4)8(6)3;7-6-4-2-1-3-5-6;/h1-10,13H;6H,1-4H3;6-7H,1-5H2;/q;2*-1;+2. The number of hydrogen-bond donors (Lipinski definition) is 0. The zero-order valence-electron chi connectivity index (χ0n) is 19.0. The molecule has 2 aromatic rings. The van der Waals surface area contributed by atoms with Crippen LogP contribution in [-0.4, -0.2) is 15.6 Å². The second kappa shape index (κ2) is 14.8. The first-order chi connectivity index (χ1) is 14.0. The summed E-state index contributed by atoms with van der Waals surface area (Å²) in [6, 6.07) is 21.6. The minimum absolute atomic E-state index is 0. The van der Waals surface area contributed by atoms with Crippen LogP contribution in [0.5, 0.6) is 0 Å². The molecule has 0 spiro atoms. The van der Waals surface area contributed by atoms with E-state index in [9.17, 15) is 0 Å². The molecule has 1 saturated carbocycles. The molecule has 1 atom stereocenters. The van der Waals surface area contributed by atoms with Crippen LogP contribution in [0, 0.1) is 12.0 Å². The van der Waals surface area contributed by atoms with E-state index in [0.717, 1.165) is 12.8 Å². The van der Waals surface area contributed by atoms with Crippen molar-refractivity contribution < 1.29 is 21.7 Å². The van der Waals surface area contributed by atoms with Crippen molar-refractivity contribution in [1.82, 2.24) is 0 Å². The summed E-state index contributed by atoms with van der Waals surface area (Å²) in [5.74, 6) is 0.560. The van der Waals surface area contributed by atoms with Crippen molar-refractivity contribution >= 4 is 19.9 Å². The van der Waals surface area contributed by atoms with Gasteiger partial charge in [0.05, 0.1) is 0 Å². The summed E-state index contributed by atoms with van der Waals surface area (Å²) in [7, 11) is 0.271. The monoisotopic (exact) mass is 450 g/mol. The molecule has 0 bridgehead atoms. The molecule has 0 aliphatic heterocycles. The minimum atomic E-state index is 0. The average Bonchev–Trinajstić information content (AvgIpc) is 2.96. The molecule has 0 amide bonds. The van der Waals surface area contributed by atoms with Gasteiger partial charge >= 0.3 is 21.7 Å². The van der Waals surface area contributed by atoms with Crippen LogP contribution in [0.25, 0.3) is 5.73 Å². The summed E-state index contributed by atoms with van der Waals surface area (Å²) in [5, 5.41) is 2.90. The van der Waals surface area contributed by atoms with E-state index in [0.29, 0.717) is 5.92 Å². The third-order valence-electron chi connectivity index (χ3n) is 5.77. The molecule has 3 heteroatoms. The fourth-order valence-corrected chi connectivity index (χ4v) is 4.77. The van der Waals surface area contributed by atoms with Crippen LogP contribution < -0.4 is 10.4 Å². The summed E-state index contributed by atoms with van der Waals surface area (Å²) in [4.78, 5) is 0. The van der Waals surface area contributed by atoms with Gasteiger partial charge in [0.25, 0.3) is 0 Å². The third-order valence-corrected chi connectivity index (χ3v) is 7.21. The van der Waals surface area contributed by atoms with Crippen molar-refractivity contribution in [3.63, 3.8) is 0 Å². The van der Waals surface area contributed by atoms with Gasteiger partial charge < -0.3 is 5.73 Å². The molecule has 0 saturated heterocycles. The molecule has 4 rings (SSSR count). The van der Waals surface area contributed by atoms with E-state index >= 15 is 0 Å². The molecule has 2 aliphatic carbocycles. The fraction of sp³-hybridized carbons (Fsp3) is 0.407. The summed E-state index contributed by atoms with van der Waals surface area (Å²) in [5.41, 5.74) is 11.5. The van der Waals surface area contributed by atoms with E-state index in [1.807, 2.05) is 0 Å². The van der Waals surface area contributed by atoms with Gasteiger partial charge in [-0.1, -0.05) is 130 Å². The van der Waals surface area contributed by atoms with E-state index in [1.54, 1.807) is 0 Å². The van der Waals surface area contributed by atoms with Gasteiger partial charge in [0.15, 0.2) is 0 Å². The third kappa shape index (κ3) is 9.75. The number of nitrogens with one attached hydrogen (secondary N) is 1. The molecule has 2 aliphatic rings.